The fraction of sp³-hybridized carbons (Fsp3) is 0.300. The molecular weight excluding hydrogens is 429 g/mol. The van der Waals surface area contributed by atoms with Gasteiger partial charge in [0.05, 0.1) is 11.9 Å². The van der Waals surface area contributed by atoms with E-state index in [-0.39, 0.29) is 28.8 Å². The fourth-order valence-electron chi connectivity index (χ4n) is 3.86. The maximum Gasteiger partial charge on any atom is 0.573 e. The van der Waals surface area contributed by atoms with E-state index >= 15 is 0 Å². The van der Waals surface area contributed by atoms with Crippen LogP contribution in [0.3, 0.4) is 0 Å². The lowest BCUT2D eigenvalue weighted by Gasteiger charge is -2.23. The smallest absolute Gasteiger partial charge is 0.406 e. The van der Waals surface area contributed by atoms with E-state index in [9.17, 15) is 18.0 Å². The zero-order valence-electron chi connectivity index (χ0n) is 16.5. The highest BCUT2D eigenvalue weighted by molar-refractivity contribution is 5.72. The van der Waals surface area contributed by atoms with Gasteiger partial charge in [0.1, 0.15) is 17.0 Å². The first-order chi connectivity index (χ1) is 15.4. The normalized spacial score (nSPS) is 15.3. The van der Waals surface area contributed by atoms with Crippen molar-refractivity contribution in [2.45, 2.75) is 25.1 Å². The highest BCUT2D eigenvalue weighted by Gasteiger charge is 2.31. The first-order valence-electron chi connectivity index (χ1n) is 9.89. The lowest BCUT2D eigenvalue weighted by atomic mass is 9.94. The van der Waals surface area contributed by atoms with E-state index in [4.69, 9.17) is 4.52 Å². The van der Waals surface area contributed by atoms with E-state index in [1.165, 1.54) is 24.4 Å². The summed E-state index contributed by atoms with van der Waals surface area (Å²) in [4.78, 5) is 19.4. The Hall–Kier alpha value is -3.67. The molecule has 1 aromatic carbocycles. The van der Waals surface area contributed by atoms with Crippen molar-refractivity contribution in [1.82, 2.24) is 30.1 Å². The first-order valence-corrected chi connectivity index (χ1v) is 9.89. The number of halogens is 3. The Morgan fingerprint density at radius 2 is 2.00 bits per heavy atom. The summed E-state index contributed by atoms with van der Waals surface area (Å²) in [5, 5.41) is 11.6. The number of nitrogens with zero attached hydrogens (tertiary/aromatic N) is 4. The van der Waals surface area contributed by atoms with Gasteiger partial charge in [-0.2, -0.15) is 10.1 Å². The van der Waals surface area contributed by atoms with Gasteiger partial charge in [-0.1, -0.05) is 17.3 Å². The molecule has 4 aromatic rings. The summed E-state index contributed by atoms with van der Waals surface area (Å²) in [6.07, 6.45) is -1.53. The molecule has 1 saturated heterocycles. The summed E-state index contributed by atoms with van der Waals surface area (Å²) in [6.45, 7) is 1.72. The third kappa shape index (κ3) is 3.96. The van der Waals surface area contributed by atoms with Crippen LogP contribution in [0, 0.1) is 0 Å². The number of ether oxygens (including phenoxy) is 1. The molecule has 0 unspecified atom stereocenters. The van der Waals surface area contributed by atoms with Crippen LogP contribution in [-0.4, -0.2) is 44.2 Å². The number of benzene rings is 1. The number of rotatable bonds is 4. The molecule has 1 fully saturated rings. The monoisotopic (exact) mass is 446 g/mol. The van der Waals surface area contributed by atoms with Crippen LogP contribution >= 0.6 is 0 Å². The molecule has 0 bridgehead atoms. The Morgan fingerprint density at radius 3 is 2.78 bits per heavy atom. The van der Waals surface area contributed by atoms with Gasteiger partial charge in [0.15, 0.2) is 0 Å². The third-order valence-corrected chi connectivity index (χ3v) is 5.27. The Balaban J connectivity index is 1.51. The molecule has 0 radical (unpaired) electrons. The number of hydrogen-bond acceptors (Lipinski definition) is 7. The maximum atomic E-state index is 12.5. The molecule has 0 amide bonds. The fourth-order valence-corrected chi connectivity index (χ4v) is 3.86. The Bertz CT molecular complexity index is 1320. The van der Waals surface area contributed by atoms with Gasteiger partial charge in [-0.15, -0.1) is 13.2 Å². The summed E-state index contributed by atoms with van der Waals surface area (Å²) < 4.78 is 48.4. The molecule has 3 aromatic heterocycles. The van der Waals surface area contributed by atoms with Crippen LogP contribution in [0.15, 0.2) is 45.8 Å². The van der Waals surface area contributed by atoms with E-state index in [0.717, 1.165) is 37.7 Å². The van der Waals surface area contributed by atoms with Gasteiger partial charge in [0, 0.05) is 17.5 Å². The molecule has 0 aliphatic carbocycles. The van der Waals surface area contributed by atoms with E-state index in [2.05, 4.69) is 30.3 Å². The predicted molar refractivity (Wildman–Crippen MR) is 106 cm³/mol. The quantitative estimate of drug-likeness (QED) is 0.496. The molecule has 166 valence electrons. The van der Waals surface area contributed by atoms with Crippen LogP contribution < -0.4 is 15.6 Å². The number of H-pyrrole nitrogens is 1. The number of alkyl halides is 3. The number of piperidine rings is 1. The second-order valence-corrected chi connectivity index (χ2v) is 7.40. The van der Waals surface area contributed by atoms with E-state index in [0.29, 0.717) is 11.2 Å². The van der Waals surface area contributed by atoms with Crippen molar-refractivity contribution in [3.63, 3.8) is 0 Å². The van der Waals surface area contributed by atoms with Crippen molar-refractivity contribution < 1.29 is 22.4 Å². The molecule has 0 atom stereocenters. The SMILES string of the molecule is O=c1cc(C2CCNCC2)n2ncc(-c3nc(-c4cccc(OC(F)(F)F)c4)no3)c2[nH]1. The second-order valence-electron chi connectivity index (χ2n) is 7.40. The second kappa shape index (κ2) is 7.79. The summed E-state index contributed by atoms with van der Waals surface area (Å²) in [5.41, 5.74) is 1.63. The lowest BCUT2D eigenvalue weighted by molar-refractivity contribution is -0.274. The zero-order valence-corrected chi connectivity index (χ0v) is 16.5. The third-order valence-electron chi connectivity index (χ3n) is 5.27. The Kier molecular flexibility index (Phi) is 4.93. The van der Waals surface area contributed by atoms with Crippen LogP contribution in [0.1, 0.15) is 24.5 Å². The molecule has 32 heavy (non-hydrogen) atoms. The molecule has 0 saturated carbocycles. The van der Waals surface area contributed by atoms with Crippen molar-refractivity contribution in [2.75, 3.05) is 13.1 Å². The number of fused-ring (bicyclic) bond motifs is 1. The van der Waals surface area contributed by atoms with Crippen LogP contribution in [0.25, 0.3) is 28.5 Å². The molecule has 1 aliphatic rings. The highest BCUT2D eigenvalue weighted by Crippen LogP contribution is 2.30. The molecule has 4 heterocycles. The minimum absolute atomic E-state index is 0.0730. The van der Waals surface area contributed by atoms with Crippen molar-refractivity contribution in [3.8, 4) is 28.6 Å². The van der Waals surface area contributed by atoms with Crippen LogP contribution in [-0.2, 0) is 0 Å². The molecule has 5 rings (SSSR count). The Labute approximate surface area is 178 Å². The van der Waals surface area contributed by atoms with Gasteiger partial charge in [-0.25, -0.2) is 4.52 Å². The largest absolute Gasteiger partial charge is 0.573 e. The maximum absolute atomic E-state index is 12.5. The van der Waals surface area contributed by atoms with Gasteiger partial charge in [-0.3, -0.25) is 4.79 Å². The molecule has 1 aliphatic heterocycles. The molecular formula is C20H17F3N6O3. The number of nitrogens with one attached hydrogen (secondary N) is 2. The summed E-state index contributed by atoms with van der Waals surface area (Å²) in [7, 11) is 0. The van der Waals surface area contributed by atoms with Crippen molar-refractivity contribution >= 4 is 5.65 Å². The summed E-state index contributed by atoms with van der Waals surface area (Å²) >= 11 is 0. The average molecular weight is 446 g/mol. The lowest BCUT2D eigenvalue weighted by Crippen LogP contribution is -2.28. The molecule has 12 heteroatoms. The van der Waals surface area contributed by atoms with Gasteiger partial charge in [0.2, 0.25) is 5.82 Å². The van der Waals surface area contributed by atoms with Crippen LogP contribution in [0.5, 0.6) is 5.75 Å². The van der Waals surface area contributed by atoms with Gasteiger partial charge >= 0.3 is 6.36 Å². The molecule has 9 nitrogen and oxygen atoms in total. The number of aromatic amines is 1. The number of hydrogen-bond donors (Lipinski definition) is 2. The average Bonchev–Trinajstić information content (AvgIpc) is 3.40. The van der Waals surface area contributed by atoms with E-state index in [1.54, 1.807) is 10.6 Å². The standard InChI is InChI=1S/C20H17F3N6O3/c21-20(22,23)31-13-3-1-2-12(8-13)17-27-19(32-28-17)14-10-25-29-15(9-16(30)26-18(14)29)11-4-6-24-7-5-11/h1-3,8-11,24H,4-7H2,(H,26,30). The first kappa shape index (κ1) is 20.2. The van der Waals surface area contributed by atoms with Crippen molar-refractivity contribution in [3.05, 3.63) is 52.6 Å². The van der Waals surface area contributed by atoms with Crippen molar-refractivity contribution in [1.29, 1.82) is 0 Å². The van der Waals surface area contributed by atoms with Gasteiger partial charge < -0.3 is 19.6 Å². The predicted octanol–water partition coefficient (Wildman–Crippen LogP) is 3.11. The highest BCUT2D eigenvalue weighted by atomic mass is 19.4. The topological polar surface area (TPSA) is 110 Å². The molecule has 0 spiro atoms. The summed E-state index contributed by atoms with van der Waals surface area (Å²) in [5.74, 6) is -0.0595. The molecule has 2 N–H and O–H groups in total. The van der Waals surface area contributed by atoms with E-state index < -0.39 is 12.1 Å². The summed E-state index contributed by atoms with van der Waals surface area (Å²) in [6, 6.07) is 6.81. The number of aromatic nitrogens is 5. The van der Waals surface area contributed by atoms with Gasteiger partial charge in [0.25, 0.3) is 11.4 Å². The minimum atomic E-state index is -4.81. The minimum Gasteiger partial charge on any atom is -0.406 e. The van der Waals surface area contributed by atoms with Gasteiger partial charge in [-0.05, 0) is 38.1 Å². The Morgan fingerprint density at radius 1 is 1.19 bits per heavy atom. The zero-order chi connectivity index (χ0) is 22.3. The van der Waals surface area contributed by atoms with Crippen LogP contribution in [0.2, 0.25) is 0 Å². The van der Waals surface area contributed by atoms with Crippen molar-refractivity contribution in [2.24, 2.45) is 0 Å². The van der Waals surface area contributed by atoms with Crippen LogP contribution in [0.4, 0.5) is 13.2 Å². The van der Waals surface area contributed by atoms with E-state index in [1.807, 2.05) is 0 Å².